The third-order valence-corrected chi connectivity index (χ3v) is 5.46. The zero-order valence-corrected chi connectivity index (χ0v) is 16.3. The number of benzene rings is 2. The van der Waals surface area contributed by atoms with Crippen LogP contribution in [0.5, 0.6) is 0 Å². The average molecular weight is 385 g/mol. The predicted molar refractivity (Wildman–Crippen MR) is 121 cm³/mol. The lowest BCUT2D eigenvalue weighted by molar-refractivity contribution is -0.658. The van der Waals surface area contributed by atoms with Crippen molar-refractivity contribution in [1.29, 1.82) is 0 Å². The van der Waals surface area contributed by atoms with Crippen LogP contribution in [0.3, 0.4) is 0 Å². The topological polar surface area (TPSA) is 20.3 Å². The third-order valence-electron chi connectivity index (χ3n) is 5.46. The zero-order chi connectivity index (χ0) is 25.1. The van der Waals surface area contributed by atoms with Crippen LogP contribution in [-0.2, 0) is 7.05 Å². The summed E-state index contributed by atoms with van der Waals surface area (Å²) in [6, 6.07) is 18.6. The molecule has 29 heavy (non-hydrogen) atoms. The molecular weight excluding hydrogens is 355 g/mol. The number of allylic oxidation sites excluding steroid dienone is 1. The monoisotopic (exact) mass is 385 g/mol. The van der Waals surface area contributed by atoms with Gasteiger partial charge < -0.3 is 4.42 Å². The van der Waals surface area contributed by atoms with E-state index in [-0.39, 0.29) is 18.0 Å². The number of aromatic nitrogens is 1. The molecule has 0 radical (unpaired) electrons. The van der Waals surface area contributed by atoms with Gasteiger partial charge in [0.25, 0.3) is 11.7 Å². The van der Waals surface area contributed by atoms with Crippen LogP contribution in [0.1, 0.15) is 26.2 Å². The average Bonchev–Trinajstić information content (AvgIpc) is 3.17. The summed E-state index contributed by atoms with van der Waals surface area (Å²) in [5.74, 6) is 2.87. The molecule has 0 fully saturated rings. The van der Waals surface area contributed by atoms with Crippen molar-refractivity contribution in [3.05, 3.63) is 84.0 Å². The summed E-state index contributed by atoms with van der Waals surface area (Å²) in [7, 11) is 1.79. The van der Waals surface area contributed by atoms with E-state index in [1.54, 1.807) is 23.8 Å². The maximum atomic E-state index is 8.15. The number of anilines is 2. The Morgan fingerprint density at radius 1 is 1.03 bits per heavy atom. The van der Waals surface area contributed by atoms with Crippen molar-refractivity contribution in [3.8, 4) is 11.1 Å². The number of hydrogen-bond acceptors (Lipinski definition) is 2. The quantitative estimate of drug-likeness (QED) is 0.314. The Morgan fingerprint density at radius 3 is 2.62 bits per heavy atom. The van der Waals surface area contributed by atoms with E-state index >= 15 is 0 Å². The molecule has 0 amide bonds. The lowest BCUT2D eigenvalue weighted by Gasteiger charge is -2.25. The predicted octanol–water partition coefficient (Wildman–Crippen LogP) is 5.95. The minimum atomic E-state index is -2.32. The van der Waals surface area contributed by atoms with Crippen LogP contribution >= 0.6 is 0 Å². The Labute approximate surface area is 180 Å². The first-order valence-corrected chi connectivity index (χ1v) is 9.60. The second-order valence-corrected chi connectivity index (χ2v) is 7.41. The zero-order valence-electron chi connectivity index (χ0n) is 22.3. The molecule has 2 aromatic carbocycles. The molecule has 0 N–H and O–H groups in total. The molecule has 0 bridgehead atoms. The van der Waals surface area contributed by atoms with Crippen LogP contribution in [0.2, 0.25) is 6.82 Å². The number of hydrogen-bond donors (Lipinski definition) is 0. The number of furan rings is 1. The van der Waals surface area contributed by atoms with Crippen LogP contribution in [-0.4, -0.2) is 6.85 Å². The second-order valence-electron chi connectivity index (χ2n) is 7.41. The Balaban J connectivity index is 1.79. The molecule has 0 aliphatic carbocycles. The molecule has 3 heterocycles. The molecule has 0 saturated carbocycles. The fourth-order valence-electron chi connectivity index (χ4n) is 4.09. The van der Waals surface area contributed by atoms with E-state index in [1.807, 2.05) is 72.3 Å². The van der Waals surface area contributed by atoms with Gasteiger partial charge in [-0.2, -0.15) is 0 Å². The van der Waals surface area contributed by atoms with Crippen molar-refractivity contribution >= 4 is 35.1 Å². The molecule has 0 unspecified atom stereocenters. The van der Waals surface area contributed by atoms with E-state index in [1.165, 1.54) is 0 Å². The van der Waals surface area contributed by atoms with Gasteiger partial charge >= 0.3 is 6.85 Å². The normalized spacial score (nSPS) is 17.5. The van der Waals surface area contributed by atoms with Crippen LogP contribution in [0, 0.1) is 6.85 Å². The smallest absolute Gasteiger partial charge is 0.406 e. The van der Waals surface area contributed by atoms with Gasteiger partial charge in [-0.15, -0.1) is 0 Å². The summed E-state index contributed by atoms with van der Waals surface area (Å²) in [5, 5.41) is 0.729. The highest BCUT2D eigenvalue weighted by Crippen LogP contribution is 2.43. The fraction of sp³-hybridized carbons (Fsp3) is 0.160. The first kappa shape index (κ1) is 12.3. The summed E-state index contributed by atoms with van der Waals surface area (Å²) in [5.41, 5.74) is 3.01. The fourth-order valence-corrected chi connectivity index (χ4v) is 4.09. The molecule has 5 rings (SSSR count). The molecule has 4 aromatic rings. The molecule has 1 aliphatic rings. The second kappa shape index (κ2) is 6.66. The van der Waals surface area contributed by atoms with Gasteiger partial charge in [0.2, 0.25) is 0 Å². The Kier molecular flexibility index (Phi) is 2.83. The van der Waals surface area contributed by atoms with Crippen molar-refractivity contribution in [2.45, 2.75) is 20.5 Å². The highest BCUT2D eigenvalue weighted by Gasteiger charge is 2.39. The first-order chi connectivity index (χ1) is 16.5. The Hall–Kier alpha value is -3.27. The van der Waals surface area contributed by atoms with Crippen LogP contribution in [0.4, 0.5) is 11.7 Å². The van der Waals surface area contributed by atoms with Crippen LogP contribution in [0.15, 0.2) is 77.3 Å². The van der Waals surface area contributed by atoms with E-state index in [0.29, 0.717) is 28.4 Å². The summed E-state index contributed by atoms with van der Waals surface area (Å²) in [6.45, 7) is -3.08. The van der Waals surface area contributed by atoms with Crippen molar-refractivity contribution in [2.24, 2.45) is 7.05 Å². The number of para-hydroxylation sites is 1. The molecule has 0 atom stereocenters. The van der Waals surface area contributed by atoms with Gasteiger partial charge in [0.15, 0.2) is 0 Å². The minimum absolute atomic E-state index is 0.239. The molecule has 0 saturated heterocycles. The molecule has 1 aliphatic heterocycles. The lowest BCUT2D eigenvalue weighted by atomic mass is 9.59. The van der Waals surface area contributed by atoms with E-state index in [2.05, 4.69) is 0 Å². The van der Waals surface area contributed by atoms with Crippen LogP contribution < -0.4 is 9.38 Å². The molecule has 0 spiro atoms. The van der Waals surface area contributed by atoms with Gasteiger partial charge in [-0.25, -0.2) is 4.57 Å². The molecule has 3 nitrogen and oxygen atoms in total. The standard InChI is InChI=1S/C25H24BN2O/c1-17-15-26(3)28(25-24(17)20-12-8-9-13-22(20)29-25)23-14-21(18(2)16-27(23)4)19-10-6-5-7-11-19/h5-16H,1-4H3/q+1/i1D3,2D3. The van der Waals surface area contributed by atoms with Crippen molar-refractivity contribution in [3.63, 3.8) is 0 Å². The molecular formula is C25H24BN2O+. The third kappa shape index (κ3) is 2.79. The van der Waals surface area contributed by atoms with E-state index in [0.717, 1.165) is 10.9 Å². The van der Waals surface area contributed by atoms with Crippen molar-refractivity contribution < 1.29 is 17.2 Å². The number of nitrogens with zero attached hydrogens (tertiary/aromatic N) is 2. The Morgan fingerprint density at radius 2 is 1.83 bits per heavy atom. The number of pyridine rings is 1. The number of rotatable bonds is 2. The molecule has 4 heteroatoms. The van der Waals surface area contributed by atoms with Gasteiger partial charge in [0, 0.05) is 19.7 Å². The number of aryl methyl sites for hydroxylation is 2. The highest BCUT2D eigenvalue weighted by molar-refractivity contribution is 6.70. The SMILES string of the molecule is [2H]C([2H])([2H])C1=CB(C)N(c2cc(-c3ccccc3)c(C([2H])([2H])[2H])c[n+]2C)c2oc3ccccc3c21. The summed E-state index contributed by atoms with van der Waals surface area (Å²) in [6.07, 6.45) is 1.63. The maximum Gasteiger partial charge on any atom is 0.406 e. The lowest BCUT2D eigenvalue weighted by Crippen LogP contribution is -2.44. The van der Waals surface area contributed by atoms with Gasteiger partial charge in [0.05, 0.1) is 18.8 Å². The summed E-state index contributed by atoms with van der Waals surface area (Å²) < 4.78 is 56.8. The largest absolute Gasteiger partial charge is 0.423 e. The van der Waals surface area contributed by atoms with E-state index in [4.69, 9.17) is 12.6 Å². The maximum absolute atomic E-state index is 8.15. The minimum Gasteiger partial charge on any atom is -0.423 e. The van der Waals surface area contributed by atoms with Gasteiger partial charge in [-0.05, 0) is 48.9 Å². The van der Waals surface area contributed by atoms with Crippen LogP contribution in [0.25, 0.3) is 27.7 Å². The molecule has 2 aromatic heterocycles. The van der Waals surface area contributed by atoms with Gasteiger partial charge in [-0.1, -0.05) is 54.5 Å². The first-order valence-electron chi connectivity index (χ1n) is 12.6. The highest BCUT2D eigenvalue weighted by atomic mass is 16.4. The van der Waals surface area contributed by atoms with Crippen molar-refractivity contribution in [2.75, 3.05) is 4.81 Å². The summed E-state index contributed by atoms with van der Waals surface area (Å²) >= 11 is 0. The van der Waals surface area contributed by atoms with E-state index < -0.39 is 13.7 Å². The Bertz CT molecular complexity index is 1460. The van der Waals surface area contributed by atoms with E-state index in [9.17, 15) is 0 Å². The molecule has 142 valence electrons. The van der Waals surface area contributed by atoms with Crippen molar-refractivity contribution in [1.82, 2.24) is 0 Å². The van der Waals surface area contributed by atoms with Gasteiger partial charge in [-0.3, -0.25) is 4.81 Å². The van der Waals surface area contributed by atoms with Gasteiger partial charge in [0.1, 0.15) is 5.58 Å². The number of fused-ring (bicyclic) bond motifs is 3. The summed E-state index contributed by atoms with van der Waals surface area (Å²) in [4.78, 5) is 1.93.